The molecule has 0 aliphatic carbocycles. The van der Waals surface area contributed by atoms with Gasteiger partial charge in [0.15, 0.2) is 0 Å². The smallest absolute Gasteiger partial charge is 0.239 e. The van der Waals surface area contributed by atoms with Crippen molar-refractivity contribution in [2.75, 3.05) is 13.1 Å². The van der Waals surface area contributed by atoms with Crippen LogP contribution in [0.2, 0.25) is 0 Å². The van der Waals surface area contributed by atoms with Crippen LogP contribution >= 0.6 is 0 Å². The Balaban J connectivity index is 1.91. The second-order valence-electron chi connectivity index (χ2n) is 6.13. The minimum Gasteiger partial charge on any atom is -0.349 e. The number of piperidine rings is 1. The summed E-state index contributed by atoms with van der Waals surface area (Å²) < 4.78 is 2.31. The van der Waals surface area contributed by atoms with Crippen molar-refractivity contribution in [2.24, 2.45) is 0 Å². The Bertz CT molecular complexity index is 486. The van der Waals surface area contributed by atoms with Crippen molar-refractivity contribution >= 4 is 5.91 Å². The summed E-state index contributed by atoms with van der Waals surface area (Å²) in [5.41, 5.74) is 3.90. The van der Waals surface area contributed by atoms with Crippen molar-refractivity contribution in [3.05, 3.63) is 23.0 Å². The Labute approximate surface area is 128 Å². The van der Waals surface area contributed by atoms with Gasteiger partial charge < -0.3 is 14.8 Å². The second kappa shape index (κ2) is 7.12. The maximum absolute atomic E-state index is 12.4. The van der Waals surface area contributed by atoms with E-state index in [1.54, 1.807) is 0 Å². The summed E-state index contributed by atoms with van der Waals surface area (Å²) in [6.07, 6.45) is 3.56. The van der Waals surface area contributed by atoms with Crippen LogP contribution in [0, 0.1) is 13.8 Å². The van der Waals surface area contributed by atoms with E-state index >= 15 is 0 Å². The molecule has 0 aromatic carbocycles. The predicted octanol–water partition coefficient (Wildman–Crippen LogP) is 2.62. The third kappa shape index (κ3) is 3.67. The highest BCUT2D eigenvalue weighted by Gasteiger charge is 2.22. The van der Waals surface area contributed by atoms with E-state index < -0.39 is 0 Å². The Kier molecular flexibility index (Phi) is 5.45. The van der Waals surface area contributed by atoms with E-state index in [-0.39, 0.29) is 11.9 Å². The van der Waals surface area contributed by atoms with Crippen LogP contribution in [0.5, 0.6) is 0 Å². The van der Waals surface area contributed by atoms with Crippen LogP contribution in [0.15, 0.2) is 6.07 Å². The van der Waals surface area contributed by atoms with Crippen molar-refractivity contribution in [1.29, 1.82) is 0 Å². The number of amides is 1. The highest BCUT2D eigenvalue weighted by Crippen LogP contribution is 2.15. The van der Waals surface area contributed by atoms with Crippen LogP contribution in [0.25, 0.3) is 0 Å². The molecule has 21 heavy (non-hydrogen) atoms. The Morgan fingerprint density at radius 2 is 1.95 bits per heavy atom. The lowest BCUT2D eigenvalue weighted by Crippen LogP contribution is -2.46. The van der Waals surface area contributed by atoms with Crippen LogP contribution in [-0.2, 0) is 17.9 Å². The number of aryl methyl sites for hydroxylation is 1. The standard InChI is InChI=1S/C17H29N3O/c1-5-20-13(2)11-16(15(20)4)12-18-14(3)17(21)19-9-7-6-8-10-19/h11,14,18H,5-10,12H2,1-4H3. The summed E-state index contributed by atoms with van der Waals surface area (Å²) >= 11 is 0. The summed E-state index contributed by atoms with van der Waals surface area (Å²) in [4.78, 5) is 14.4. The summed E-state index contributed by atoms with van der Waals surface area (Å²) in [7, 11) is 0. The van der Waals surface area contributed by atoms with E-state index in [4.69, 9.17) is 0 Å². The molecule has 1 unspecified atom stereocenters. The average Bonchev–Trinajstić information content (AvgIpc) is 2.78. The van der Waals surface area contributed by atoms with E-state index in [2.05, 4.69) is 36.7 Å². The van der Waals surface area contributed by atoms with Gasteiger partial charge in [0, 0.05) is 37.6 Å². The van der Waals surface area contributed by atoms with Crippen molar-refractivity contribution in [3.63, 3.8) is 0 Å². The number of aromatic nitrogens is 1. The molecule has 4 nitrogen and oxygen atoms in total. The number of nitrogens with zero attached hydrogens (tertiary/aromatic N) is 2. The van der Waals surface area contributed by atoms with Gasteiger partial charge in [-0.15, -0.1) is 0 Å². The van der Waals surface area contributed by atoms with E-state index in [0.29, 0.717) is 0 Å². The fourth-order valence-corrected chi connectivity index (χ4v) is 3.28. The molecular formula is C17H29N3O. The molecule has 0 radical (unpaired) electrons. The normalized spacial score (nSPS) is 17.0. The summed E-state index contributed by atoms with van der Waals surface area (Å²) in [5.74, 6) is 0.249. The largest absolute Gasteiger partial charge is 0.349 e. The zero-order chi connectivity index (χ0) is 15.4. The number of carbonyl (C=O) groups is 1. The number of rotatable bonds is 5. The molecule has 2 rings (SSSR count). The molecule has 1 atom stereocenters. The van der Waals surface area contributed by atoms with Gasteiger partial charge in [0.05, 0.1) is 6.04 Å². The molecule has 118 valence electrons. The highest BCUT2D eigenvalue weighted by atomic mass is 16.2. The highest BCUT2D eigenvalue weighted by molar-refractivity contribution is 5.81. The molecule has 1 aliphatic rings. The molecule has 1 amide bonds. The molecular weight excluding hydrogens is 262 g/mol. The van der Waals surface area contributed by atoms with Crippen molar-refractivity contribution in [2.45, 2.75) is 66.1 Å². The van der Waals surface area contributed by atoms with Gasteiger partial charge in [0.2, 0.25) is 5.91 Å². The van der Waals surface area contributed by atoms with E-state index in [1.807, 2.05) is 11.8 Å². The number of nitrogens with one attached hydrogen (secondary N) is 1. The lowest BCUT2D eigenvalue weighted by molar-refractivity contribution is -0.133. The Morgan fingerprint density at radius 1 is 1.29 bits per heavy atom. The zero-order valence-electron chi connectivity index (χ0n) is 13.9. The molecule has 1 fully saturated rings. The van der Waals surface area contributed by atoms with Crippen LogP contribution in [0.3, 0.4) is 0 Å². The van der Waals surface area contributed by atoms with Gasteiger partial charge >= 0.3 is 0 Å². The van der Waals surface area contributed by atoms with Gasteiger partial charge in [0.25, 0.3) is 0 Å². The molecule has 1 N–H and O–H groups in total. The summed E-state index contributed by atoms with van der Waals surface area (Å²) in [5, 5.41) is 3.40. The van der Waals surface area contributed by atoms with Gasteiger partial charge in [-0.1, -0.05) is 0 Å². The fraction of sp³-hybridized carbons (Fsp3) is 0.706. The van der Waals surface area contributed by atoms with E-state index in [0.717, 1.165) is 39.0 Å². The number of hydrogen-bond donors (Lipinski definition) is 1. The van der Waals surface area contributed by atoms with Crippen LogP contribution < -0.4 is 5.32 Å². The van der Waals surface area contributed by atoms with Crippen LogP contribution in [0.4, 0.5) is 0 Å². The van der Waals surface area contributed by atoms with Gasteiger partial charge in [-0.05, 0) is 58.6 Å². The van der Waals surface area contributed by atoms with E-state index in [9.17, 15) is 4.79 Å². The number of carbonyl (C=O) groups excluding carboxylic acids is 1. The molecule has 1 saturated heterocycles. The molecule has 4 heteroatoms. The lowest BCUT2D eigenvalue weighted by Gasteiger charge is -2.29. The molecule has 0 spiro atoms. The Morgan fingerprint density at radius 3 is 2.52 bits per heavy atom. The van der Waals surface area contributed by atoms with Gasteiger partial charge in [-0.2, -0.15) is 0 Å². The van der Waals surface area contributed by atoms with Gasteiger partial charge in [-0.25, -0.2) is 0 Å². The average molecular weight is 291 g/mol. The lowest BCUT2D eigenvalue weighted by atomic mass is 10.1. The SMILES string of the molecule is CCn1c(C)cc(CNC(C)C(=O)N2CCCCC2)c1C. The second-order valence-corrected chi connectivity index (χ2v) is 6.13. The fourth-order valence-electron chi connectivity index (χ4n) is 3.28. The zero-order valence-corrected chi connectivity index (χ0v) is 13.9. The molecule has 0 bridgehead atoms. The maximum atomic E-state index is 12.4. The molecule has 1 aliphatic heterocycles. The third-order valence-corrected chi connectivity index (χ3v) is 4.63. The Hall–Kier alpha value is -1.29. The summed E-state index contributed by atoms with van der Waals surface area (Å²) in [6, 6.07) is 2.12. The maximum Gasteiger partial charge on any atom is 0.239 e. The molecule has 1 aromatic rings. The van der Waals surface area contributed by atoms with Gasteiger partial charge in [-0.3, -0.25) is 4.79 Å². The quantitative estimate of drug-likeness (QED) is 0.905. The van der Waals surface area contributed by atoms with E-state index in [1.165, 1.54) is 23.4 Å². The topological polar surface area (TPSA) is 37.3 Å². The minimum atomic E-state index is -0.104. The predicted molar refractivity (Wildman–Crippen MR) is 86.3 cm³/mol. The van der Waals surface area contributed by atoms with Gasteiger partial charge in [0.1, 0.15) is 0 Å². The number of likely N-dealkylation sites (tertiary alicyclic amines) is 1. The first-order valence-corrected chi connectivity index (χ1v) is 8.22. The molecule has 1 aromatic heterocycles. The summed E-state index contributed by atoms with van der Waals surface area (Å²) in [6.45, 7) is 12.1. The van der Waals surface area contributed by atoms with Crippen LogP contribution in [0.1, 0.15) is 50.1 Å². The van der Waals surface area contributed by atoms with Crippen molar-refractivity contribution in [3.8, 4) is 0 Å². The first-order valence-electron chi connectivity index (χ1n) is 8.22. The number of hydrogen-bond acceptors (Lipinski definition) is 2. The van der Waals surface area contributed by atoms with Crippen molar-refractivity contribution < 1.29 is 4.79 Å². The molecule has 0 saturated carbocycles. The third-order valence-electron chi connectivity index (χ3n) is 4.63. The van der Waals surface area contributed by atoms with Crippen molar-refractivity contribution in [1.82, 2.24) is 14.8 Å². The first-order chi connectivity index (χ1) is 10.0. The van der Waals surface area contributed by atoms with Crippen LogP contribution in [-0.4, -0.2) is 34.5 Å². The first kappa shape index (κ1) is 16.1. The minimum absolute atomic E-state index is 0.104. The monoisotopic (exact) mass is 291 g/mol. The molecule has 2 heterocycles.